The molecule has 7 rings (SSSR count). The van der Waals surface area contributed by atoms with Crippen molar-refractivity contribution in [2.75, 3.05) is 24.5 Å². The van der Waals surface area contributed by atoms with Crippen LogP contribution in [-0.2, 0) is 5.41 Å². The average Bonchev–Trinajstić information content (AvgIpc) is 3.18. The van der Waals surface area contributed by atoms with Crippen LogP contribution in [0.4, 0.5) is 10.2 Å². The number of fused-ring (bicyclic) bond motifs is 3. The number of aromatic nitrogens is 4. The molecule has 1 aliphatic carbocycles. The lowest BCUT2D eigenvalue weighted by atomic mass is 9.91. The summed E-state index contributed by atoms with van der Waals surface area (Å²) in [5.74, 6) is 1.38. The molecular formula is C26H23FN6S. The second-order valence-electron chi connectivity index (χ2n) is 9.32. The molecule has 8 heteroatoms. The first-order valence-corrected chi connectivity index (χ1v) is 12.5. The quantitative estimate of drug-likeness (QED) is 0.397. The minimum atomic E-state index is -0.281. The highest BCUT2D eigenvalue weighted by atomic mass is 32.1. The Morgan fingerprint density at radius 2 is 2.06 bits per heavy atom. The molecule has 3 N–H and O–H groups in total. The van der Waals surface area contributed by atoms with Crippen LogP contribution in [0.2, 0.25) is 0 Å². The molecule has 1 saturated heterocycles. The number of anilines is 1. The molecule has 34 heavy (non-hydrogen) atoms. The largest absolute Gasteiger partial charge is 0.355 e. The first kappa shape index (κ1) is 20.1. The molecule has 5 aromatic rings. The van der Waals surface area contributed by atoms with Gasteiger partial charge in [-0.1, -0.05) is 36.4 Å². The lowest BCUT2D eigenvalue weighted by Gasteiger charge is -2.26. The van der Waals surface area contributed by atoms with E-state index >= 15 is 0 Å². The number of H-pyrrole nitrogens is 1. The van der Waals surface area contributed by atoms with Gasteiger partial charge in [0.25, 0.3) is 0 Å². The molecule has 0 radical (unpaired) electrons. The van der Waals surface area contributed by atoms with Crippen molar-refractivity contribution in [2.24, 2.45) is 17.6 Å². The van der Waals surface area contributed by atoms with Gasteiger partial charge in [-0.05, 0) is 46.7 Å². The van der Waals surface area contributed by atoms with Crippen LogP contribution in [0.25, 0.3) is 32.5 Å². The maximum absolute atomic E-state index is 14.7. The molecule has 3 aromatic heterocycles. The summed E-state index contributed by atoms with van der Waals surface area (Å²) >= 11 is 1.71. The third-order valence-corrected chi connectivity index (χ3v) is 8.83. The molecule has 2 aliphatic rings. The van der Waals surface area contributed by atoms with E-state index in [1.165, 1.54) is 10.1 Å². The first-order valence-electron chi connectivity index (χ1n) is 11.6. The van der Waals surface area contributed by atoms with Crippen molar-refractivity contribution in [3.05, 3.63) is 71.5 Å². The number of piperidine rings is 1. The second kappa shape index (κ2) is 7.32. The second-order valence-corrected chi connectivity index (χ2v) is 10.2. The summed E-state index contributed by atoms with van der Waals surface area (Å²) in [6.07, 6.45) is 2.80. The average molecular weight is 471 g/mol. The van der Waals surface area contributed by atoms with E-state index in [9.17, 15) is 4.39 Å². The number of nitrogens with zero attached hydrogens (tertiary/aromatic N) is 4. The standard InChI is InChI=1S/C26H23FN6S/c27-20-7-2-1-6-18(20)26(14-28)17-8-10-33(13-19(17)26)21-12-29-23-22(31-32-25(23)30-21)16-5-3-4-15-9-11-34-24(15)16/h1-7,9,11-12,17,19H,8,10,13-14,28H2,(H,30,31,32). The molecule has 170 valence electrons. The van der Waals surface area contributed by atoms with Crippen molar-refractivity contribution in [3.63, 3.8) is 0 Å². The summed E-state index contributed by atoms with van der Waals surface area (Å²) in [5.41, 5.74) is 10.1. The third-order valence-electron chi connectivity index (χ3n) is 7.86. The third kappa shape index (κ3) is 2.72. The Bertz CT molecular complexity index is 1540. The molecule has 0 amide bonds. The van der Waals surface area contributed by atoms with E-state index in [4.69, 9.17) is 15.7 Å². The van der Waals surface area contributed by atoms with Gasteiger partial charge in [0.2, 0.25) is 5.65 Å². The van der Waals surface area contributed by atoms with Crippen LogP contribution in [0.1, 0.15) is 12.0 Å². The Kier molecular flexibility index (Phi) is 4.32. The Labute approximate surface area is 199 Å². The maximum atomic E-state index is 14.7. The van der Waals surface area contributed by atoms with Crippen LogP contribution in [-0.4, -0.2) is 39.8 Å². The van der Waals surface area contributed by atoms with Gasteiger partial charge in [0.1, 0.15) is 17.2 Å². The molecule has 6 nitrogen and oxygen atoms in total. The molecule has 2 fully saturated rings. The van der Waals surface area contributed by atoms with Gasteiger partial charge in [-0.2, -0.15) is 5.10 Å². The molecule has 0 bridgehead atoms. The lowest BCUT2D eigenvalue weighted by molar-refractivity contribution is 0.533. The summed E-state index contributed by atoms with van der Waals surface area (Å²) < 4.78 is 15.9. The van der Waals surface area contributed by atoms with Gasteiger partial charge in [-0.3, -0.25) is 5.10 Å². The normalized spacial score (nSPS) is 24.0. The van der Waals surface area contributed by atoms with Gasteiger partial charge in [-0.15, -0.1) is 11.3 Å². The number of hydrogen-bond donors (Lipinski definition) is 2. The Balaban J connectivity index is 1.20. The first-order chi connectivity index (χ1) is 16.7. The zero-order valence-corrected chi connectivity index (χ0v) is 19.2. The minimum absolute atomic E-state index is 0.153. The van der Waals surface area contributed by atoms with E-state index < -0.39 is 0 Å². The molecular weight excluding hydrogens is 447 g/mol. The Hall–Kier alpha value is -3.36. The molecule has 1 saturated carbocycles. The minimum Gasteiger partial charge on any atom is -0.355 e. The fourth-order valence-electron chi connectivity index (χ4n) is 6.15. The van der Waals surface area contributed by atoms with Gasteiger partial charge < -0.3 is 10.6 Å². The van der Waals surface area contributed by atoms with Gasteiger partial charge in [0, 0.05) is 35.3 Å². The van der Waals surface area contributed by atoms with Crippen molar-refractivity contribution in [2.45, 2.75) is 11.8 Å². The number of benzene rings is 2. The SMILES string of the molecule is NCC1(c2ccccc2F)C2CCN(c3cnc4c(-c5cccc6ccsc56)[nH]nc4n3)CC21. The smallest absolute Gasteiger partial charge is 0.202 e. The number of aromatic amines is 1. The Morgan fingerprint density at radius 3 is 2.94 bits per heavy atom. The van der Waals surface area contributed by atoms with Crippen LogP contribution in [0.5, 0.6) is 0 Å². The number of hydrogen-bond acceptors (Lipinski definition) is 6. The molecule has 3 atom stereocenters. The van der Waals surface area contributed by atoms with E-state index in [1.54, 1.807) is 23.5 Å². The summed E-state index contributed by atoms with van der Waals surface area (Å²) in [7, 11) is 0. The highest BCUT2D eigenvalue weighted by Crippen LogP contribution is 2.63. The van der Waals surface area contributed by atoms with Crippen molar-refractivity contribution >= 4 is 38.4 Å². The van der Waals surface area contributed by atoms with Crippen molar-refractivity contribution in [3.8, 4) is 11.3 Å². The van der Waals surface area contributed by atoms with Crippen LogP contribution < -0.4 is 10.6 Å². The van der Waals surface area contributed by atoms with E-state index in [1.807, 2.05) is 18.3 Å². The van der Waals surface area contributed by atoms with E-state index in [2.05, 4.69) is 44.7 Å². The fraction of sp³-hybridized carbons (Fsp3) is 0.269. The summed E-state index contributed by atoms with van der Waals surface area (Å²) in [5, 5.41) is 11.0. The van der Waals surface area contributed by atoms with Crippen LogP contribution in [0, 0.1) is 17.7 Å². The van der Waals surface area contributed by atoms with Crippen molar-refractivity contribution in [1.82, 2.24) is 20.2 Å². The lowest BCUT2D eigenvalue weighted by Crippen LogP contribution is -2.32. The zero-order chi connectivity index (χ0) is 22.9. The summed E-state index contributed by atoms with van der Waals surface area (Å²) in [6, 6.07) is 15.5. The van der Waals surface area contributed by atoms with Gasteiger partial charge in [0.05, 0.1) is 11.9 Å². The summed E-state index contributed by atoms with van der Waals surface area (Å²) in [4.78, 5) is 11.9. The van der Waals surface area contributed by atoms with Crippen LogP contribution in [0.3, 0.4) is 0 Å². The molecule has 3 unspecified atom stereocenters. The van der Waals surface area contributed by atoms with E-state index in [0.29, 0.717) is 24.0 Å². The van der Waals surface area contributed by atoms with Gasteiger partial charge in [-0.25, -0.2) is 14.4 Å². The number of thiophene rings is 1. The maximum Gasteiger partial charge on any atom is 0.202 e. The number of rotatable bonds is 4. The number of halogens is 1. The molecule has 1 aliphatic heterocycles. The number of nitrogens with two attached hydrogens (primary N) is 1. The predicted molar refractivity (Wildman–Crippen MR) is 133 cm³/mol. The highest BCUT2D eigenvalue weighted by Gasteiger charge is 2.66. The number of nitrogens with one attached hydrogen (secondary N) is 1. The van der Waals surface area contributed by atoms with Gasteiger partial charge in [0.15, 0.2) is 0 Å². The van der Waals surface area contributed by atoms with Crippen LogP contribution in [0.15, 0.2) is 60.1 Å². The zero-order valence-electron chi connectivity index (χ0n) is 18.4. The van der Waals surface area contributed by atoms with Crippen LogP contribution >= 0.6 is 11.3 Å². The predicted octanol–water partition coefficient (Wildman–Crippen LogP) is 4.73. The molecule has 2 aromatic carbocycles. The van der Waals surface area contributed by atoms with E-state index in [0.717, 1.165) is 47.7 Å². The van der Waals surface area contributed by atoms with Gasteiger partial charge >= 0.3 is 0 Å². The van der Waals surface area contributed by atoms with Crippen molar-refractivity contribution < 1.29 is 4.39 Å². The van der Waals surface area contributed by atoms with Crippen molar-refractivity contribution in [1.29, 1.82) is 0 Å². The fourth-order valence-corrected chi connectivity index (χ4v) is 7.07. The molecule has 4 heterocycles. The van der Waals surface area contributed by atoms with E-state index in [-0.39, 0.29) is 11.2 Å². The Morgan fingerprint density at radius 1 is 1.15 bits per heavy atom. The molecule has 0 spiro atoms. The summed E-state index contributed by atoms with van der Waals surface area (Å²) in [6.45, 7) is 2.10. The monoisotopic (exact) mass is 470 g/mol. The highest BCUT2D eigenvalue weighted by molar-refractivity contribution is 7.17. The topological polar surface area (TPSA) is 83.7 Å².